The van der Waals surface area contributed by atoms with Crippen LogP contribution in [0.4, 0.5) is 0 Å². The van der Waals surface area contributed by atoms with Gasteiger partial charge in [0.05, 0.1) is 19.8 Å². The van der Waals surface area contributed by atoms with Gasteiger partial charge in [0.25, 0.3) is 0 Å². The van der Waals surface area contributed by atoms with Crippen LogP contribution < -0.4 is 0 Å². The fourth-order valence-corrected chi connectivity index (χ4v) is 7.65. The minimum absolute atomic E-state index is 0.131. The second kappa shape index (κ2) is 51.7. The quantitative estimate of drug-likeness (QED) is 0.0197. The van der Waals surface area contributed by atoms with E-state index in [-0.39, 0.29) is 25.9 Å². The van der Waals surface area contributed by atoms with Crippen LogP contribution in [0, 0.1) is 0 Å². The molecule has 0 rings (SSSR count). The fourth-order valence-electron chi connectivity index (χ4n) is 6.87. The minimum Gasteiger partial charge on any atom is -0.462 e. The number of carbonyl (C=O) groups excluding carboxylic acids is 3. The zero-order valence-corrected chi connectivity index (χ0v) is 44.8. The van der Waals surface area contributed by atoms with E-state index in [2.05, 4.69) is 118 Å². The minimum atomic E-state index is -4.76. The molecule has 3 atom stereocenters. The number of aliphatic hydroxyl groups excluding tert-OH is 1. The summed E-state index contributed by atoms with van der Waals surface area (Å²) in [6, 6.07) is 0. The maximum Gasteiger partial charge on any atom is 0.472 e. The standard InChI is InChI=1S/C58H97O11P/c1-4-7-10-13-16-19-22-24-26-27-29-31-34-37-40-43-46-49-58(62)69-55(51-65-56(60)47-44-41-38-35-33-30-28-25-23-20-17-14-11-8-5-2)53-67-70(63,64)66-52-54(50-59)68-57(61)48-45-42-39-36-32-21-18-15-12-9-6-3/h7-8,10-11,15-20,24-26,28-29,31,54-55,59H,4-6,9,12-14,21-23,27,30,32-53H2,1-3H3,(H,63,64)/b10-7-,11-8-,18-15-,19-16-,20-17-,26-24-,28-25-,31-29-. The van der Waals surface area contributed by atoms with Crippen molar-refractivity contribution in [2.45, 2.75) is 226 Å². The number of rotatable bonds is 49. The van der Waals surface area contributed by atoms with Crippen molar-refractivity contribution in [2.24, 2.45) is 0 Å². The topological polar surface area (TPSA) is 155 Å². The molecule has 3 unspecified atom stereocenters. The lowest BCUT2D eigenvalue weighted by Gasteiger charge is -2.21. The summed E-state index contributed by atoms with van der Waals surface area (Å²) in [6.45, 7) is 4.30. The number of esters is 3. The number of carbonyl (C=O) groups is 3. The zero-order chi connectivity index (χ0) is 51.3. The molecule has 0 aromatic carbocycles. The average Bonchev–Trinajstić information content (AvgIpc) is 3.35. The van der Waals surface area contributed by atoms with E-state index >= 15 is 0 Å². The molecule has 2 N–H and O–H groups in total. The molecular formula is C58H97O11P. The summed E-state index contributed by atoms with van der Waals surface area (Å²) in [7, 11) is -4.76. The third kappa shape index (κ3) is 49.4. The Balaban J connectivity index is 4.83. The molecule has 0 saturated heterocycles. The van der Waals surface area contributed by atoms with Crippen LogP contribution in [0.2, 0.25) is 0 Å². The molecule has 0 aliphatic carbocycles. The van der Waals surface area contributed by atoms with Crippen LogP contribution in [0.3, 0.4) is 0 Å². The molecule has 0 aliphatic heterocycles. The summed E-state index contributed by atoms with van der Waals surface area (Å²) < 4.78 is 39.4. The van der Waals surface area contributed by atoms with Gasteiger partial charge in [-0.15, -0.1) is 0 Å². The van der Waals surface area contributed by atoms with Crippen molar-refractivity contribution in [3.8, 4) is 0 Å². The third-order valence-corrected chi connectivity index (χ3v) is 11.9. The lowest BCUT2D eigenvalue weighted by molar-refractivity contribution is -0.161. The Bertz CT molecular complexity index is 1540. The summed E-state index contributed by atoms with van der Waals surface area (Å²) >= 11 is 0. The van der Waals surface area contributed by atoms with Crippen molar-refractivity contribution in [1.29, 1.82) is 0 Å². The molecule has 400 valence electrons. The Labute approximate surface area is 425 Å². The second-order valence-corrected chi connectivity index (χ2v) is 19.1. The average molecular weight is 1000 g/mol. The van der Waals surface area contributed by atoms with E-state index in [0.717, 1.165) is 141 Å². The second-order valence-electron chi connectivity index (χ2n) is 17.6. The first-order valence-corrected chi connectivity index (χ1v) is 28.6. The first-order valence-electron chi connectivity index (χ1n) is 27.1. The van der Waals surface area contributed by atoms with E-state index in [1.165, 1.54) is 12.8 Å². The van der Waals surface area contributed by atoms with Crippen molar-refractivity contribution in [2.75, 3.05) is 26.4 Å². The third-order valence-electron chi connectivity index (χ3n) is 11.0. The first-order chi connectivity index (χ1) is 34.2. The van der Waals surface area contributed by atoms with Crippen LogP contribution in [0.5, 0.6) is 0 Å². The molecule has 70 heavy (non-hydrogen) atoms. The Morgan fingerprint density at radius 3 is 1.16 bits per heavy atom. The van der Waals surface area contributed by atoms with Gasteiger partial charge in [-0.2, -0.15) is 0 Å². The highest BCUT2D eigenvalue weighted by molar-refractivity contribution is 7.47. The van der Waals surface area contributed by atoms with E-state index in [0.29, 0.717) is 19.3 Å². The smallest absolute Gasteiger partial charge is 0.462 e. The van der Waals surface area contributed by atoms with Gasteiger partial charge in [0.2, 0.25) is 0 Å². The lowest BCUT2D eigenvalue weighted by atomic mass is 10.1. The summed E-state index contributed by atoms with van der Waals surface area (Å²) in [5, 5.41) is 9.77. The number of allylic oxidation sites excluding steroid dienone is 16. The van der Waals surface area contributed by atoms with Gasteiger partial charge < -0.3 is 24.2 Å². The highest BCUT2D eigenvalue weighted by atomic mass is 31.2. The Kier molecular flexibility index (Phi) is 49.1. The van der Waals surface area contributed by atoms with Crippen molar-refractivity contribution in [3.05, 3.63) is 97.2 Å². The van der Waals surface area contributed by atoms with E-state index in [9.17, 15) is 28.9 Å². The lowest BCUT2D eigenvalue weighted by Crippen LogP contribution is -2.30. The summed E-state index contributed by atoms with van der Waals surface area (Å²) in [5.41, 5.74) is 0. The maximum atomic E-state index is 12.9. The SMILES string of the molecule is CC/C=C\C/C=C\C/C=C\C/C=C\CCCCCCC(=O)OC(COC(=O)CCCCCCC/C=C\C/C=C\C/C=C\CC)COP(=O)(O)OCC(CO)OC(=O)CCCCCCC/C=C\CCCC. The summed E-state index contributed by atoms with van der Waals surface area (Å²) in [4.78, 5) is 48.4. The molecule has 0 fully saturated rings. The number of hydrogen-bond acceptors (Lipinski definition) is 10. The van der Waals surface area contributed by atoms with Gasteiger partial charge in [-0.05, 0) is 109 Å². The normalized spacial score (nSPS) is 14.2. The Morgan fingerprint density at radius 2 is 0.743 bits per heavy atom. The molecule has 0 bridgehead atoms. The highest BCUT2D eigenvalue weighted by Crippen LogP contribution is 2.43. The summed E-state index contributed by atoms with van der Waals surface area (Å²) in [6.07, 6.45) is 59.4. The predicted molar refractivity (Wildman–Crippen MR) is 288 cm³/mol. The van der Waals surface area contributed by atoms with Crippen LogP contribution in [-0.2, 0) is 42.2 Å². The molecule has 0 saturated carbocycles. The van der Waals surface area contributed by atoms with Crippen molar-refractivity contribution >= 4 is 25.7 Å². The van der Waals surface area contributed by atoms with E-state index < -0.39 is 57.8 Å². The molecule has 0 aliphatic rings. The van der Waals surface area contributed by atoms with Crippen LogP contribution in [-0.4, -0.2) is 66.5 Å². The molecule has 0 spiro atoms. The molecule has 0 aromatic heterocycles. The maximum absolute atomic E-state index is 12.9. The molecule has 11 nitrogen and oxygen atoms in total. The van der Waals surface area contributed by atoms with E-state index in [1.54, 1.807) is 0 Å². The van der Waals surface area contributed by atoms with Gasteiger partial charge in [0, 0.05) is 19.3 Å². The first kappa shape index (κ1) is 66.4. The molecule has 0 aromatic rings. The van der Waals surface area contributed by atoms with Gasteiger partial charge in [0.1, 0.15) is 12.7 Å². The van der Waals surface area contributed by atoms with Gasteiger partial charge in [-0.25, -0.2) is 4.57 Å². The number of aliphatic hydroxyl groups is 1. The van der Waals surface area contributed by atoms with Crippen molar-refractivity contribution < 1.29 is 52.2 Å². The van der Waals surface area contributed by atoms with Gasteiger partial charge in [0.15, 0.2) is 6.10 Å². The number of phosphoric ester groups is 1. The number of hydrogen-bond donors (Lipinski definition) is 2. The number of phosphoric acid groups is 1. The molecule has 0 amide bonds. The predicted octanol–water partition coefficient (Wildman–Crippen LogP) is 15.7. The number of ether oxygens (including phenoxy) is 3. The van der Waals surface area contributed by atoms with Gasteiger partial charge in [-0.3, -0.25) is 23.4 Å². The van der Waals surface area contributed by atoms with Crippen LogP contribution in [0.25, 0.3) is 0 Å². The Hall–Kier alpha value is -3.60. The van der Waals surface area contributed by atoms with Crippen LogP contribution >= 0.6 is 7.82 Å². The molecular weight excluding hydrogens is 904 g/mol. The molecule has 0 heterocycles. The molecule has 0 radical (unpaired) electrons. The van der Waals surface area contributed by atoms with Crippen LogP contribution in [0.15, 0.2) is 97.2 Å². The van der Waals surface area contributed by atoms with Gasteiger partial charge >= 0.3 is 25.7 Å². The summed E-state index contributed by atoms with van der Waals surface area (Å²) in [5.74, 6) is -1.53. The largest absolute Gasteiger partial charge is 0.472 e. The van der Waals surface area contributed by atoms with Crippen LogP contribution in [0.1, 0.15) is 213 Å². The van der Waals surface area contributed by atoms with E-state index in [4.69, 9.17) is 23.3 Å². The fraction of sp³-hybridized carbons (Fsp3) is 0.672. The van der Waals surface area contributed by atoms with Crippen molar-refractivity contribution in [3.63, 3.8) is 0 Å². The number of unbranched alkanes of at least 4 members (excludes halogenated alkanes) is 16. The monoisotopic (exact) mass is 1000 g/mol. The zero-order valence-electron chi connectivity index (χ0n) is 43.9. The van der Waals surface area contributed by atoms with Gasteiger partial charge in [-0.1, -0.05) is 182 Å². The van der Waals surface area contributed by atoms with Crippen molar-refractivity contribution in [1.82, 2.24) is 0 Å². The Morgan fingerprint density at radius 1 is 0.414 bits per heavy atom. The van der Waals surface area contributed by atoms with E-state index in [1.807, 2.05) is 0 Å². The molecule has 12 heteroatoms. The highest BCUT2D eigenvalue weighted by Gasteiger charge is 2.28.